The van der Waals surface area contributed by atoms with Crippen molar-refractivity contribution in [2.75, 3.05) is 31.7 Å². The summed E-state index contributed by atoms with van der Waals surface area (Å²) in [5.41, 5.74) is 6.79. The molecule has 92 valence electrons. The normalized spacial score (nSPS) is 11.3. The van der Waals surface area contributed by atoms with Gasteiger partial charge in [-0.3, -0.25) is 0 Å². The van der Waals surface area contributed by atoms with E-state index in [9.17, 15) is 0 Å². The minimum absolute atomic E-state index is 0.00200. The first-order chi connectivity index (χ1) is 7.86. The fourth-order valence-electron chi connectivity index (χ4n) is 1.15. The van der Waals surface area contributed by atoms with Gasteiger partial charge in [-0.1, -0.05) is 0 Å². The monoisotopic (exact) mass is 233 g/mol. The topological polar surface area (TPSA) is 78.0 Å². The second kappa shape index (κ2) is 5.02. The number of nitrogens with zero attached hydrogens (tertiary/aromatic N) is 3. The molecule has 0 saturated carbocycles. The number of aromatic nitrogens is 1. The smallest absolute Gasteiger partial charge is 0.149 e. The number of hydrogen-bond acceptors (Lipinski definition) is 5. The summed E-state index contributed by atoms with van der Waals surface area (Å²) in [4.78, 5) is 6.26. The third-order valence-electron chi connectivity index (χ3n) is 2.95. The highest BCUT2D eigenvalue weighted by atomic mass is 15.2. The highest BCUT2D eigenvalue weighted by Gasteiger charge is 2.20. The van der Waals surface area contributed by atoms with Gasteiger partial charge in [0, 0.05) is 18.3 Å². The van der Waals surface area contributed by atoms with Crippen LogP contribution in [0.4, 0.5) is 11.5 Å². The van der Waals surface area contributed by atoms with E-state index < -0.39 is 0 Å². The standard InChI is InChI=1S/C12H19N5/c1-12(2,17(3)4)8-16-11-10(14)5-9(6-13)7-15-11/h5,7H,8,14H2,1-4H3,(H,15,16). The van der Waals surface area contributed by atoms with Crippen molar-refractivity contribution in [3.8, 4) is 6.07 Å². The van der Waals surface area contributed by atoms with E-state index in [1.165, 1.54) is 6.20 Å². The van der Waals surface area contributed by atoms with Crippen molar-refractivity contribution in [3.63, 3.8) is 0 Å². The van der Waals surface area contributed by atoms with Crippen molar-refractivity contribution in [3.05, 3.63) is 17.8 Å². The summed E-state index contributed by atoms with van der Waals surface area (Å²) < 4.78 is 0. The minimum atomic E-state index is 0.00200. The second-order valence-electron chi connectivity index (χ2n) is 4.83. The molecule has 0 aliphatic carbocycles. The molecule has 1 heterocycles. The molecule has 0 amide bonds. The van der Waals surface area contributed by atoms with Gasteiger partial charge < -0.3 is 16.0 Å². The molecule has 5 nitrogen and oxygen atoms in total. The number of nitrogen functional groups attached to an aromatic ring is 1. The maximum Gasteiger partial charge on any atom is 0.149 e. The van der Waals surface area contributed by atoms with Gasteiger partial charge in [-0.25, -0.2) is 4.98 Å². The fraction of sp³-hybridized carbons (Fsp3) is 0.500. The fourth-order valence-corrected chi connectivity index (χ4v) is 1.15. The molecule has 0 radical (unpaired) electrons. The predicted octanol–water partition coefficient (Wildman–Crippen LogP) is 1.29. The zero-order valence-electron chi connectivity index (χ0n) is 10.8. The van der Waals surface area contributed by atoms with Crippen molar-refractivity contribution < 1.29 is 0 Å². The molecule has 1 aromatic rings. The van der Waals surface area contributed by atoms with Crippen LogP contribution in [0.3, 0.4) is 0 Å². The van der Waals surface area contributed by atoms with Crippen LogP contribution in [0.1, 0.15) is 19.4 Å². The maximum atomic E-state index is 8.71. The Morgan fingerprint density at radius 1 is 1.53 bits per heavy atom. The van der Waals surface area contributed by atoms with E-state index in [-0.39, 0.29) is 5.54 Å². The molecule has 0 bridgehead atoms. The van der Waals surface area contributed by atoms with Crippen LogP contribution in [0, 0.1) is 11.3 Å². The van der Waals surface area contributed by atoms with Crippen molar-refractivity contribution in [2.45, 2.75) is 19.4 Å². The van der Waals surface area contributed by atoms with Gasteiger partial charge in [0.25, 0.3) is 0 Å². The summed E-state index contributed by atoms with van der Waals surface area (Å²) in [7, 11) is 4.05. The largest absolute Gasteiger partial charge is 0.396 e. The molecule has 0 aliphatic rings. The Balaban J connectivity index is 2.74. The van der Waals surface area contributed by atoms with Gasteiger partial charge in [-0.05, 0) is 34.0 Å². The molecule has 1 rings (SSSR count). The van der Waals surface area contributed by atoms with Gasteiger partial charge in [-0.2, -0.15) is 5.26 Å². The van der Waals surface area contributed by atoms with Gasteiger partial charge in [0.1, 0.15) is 11.9 Å². The molecule has 5 heteroatoms. The predicted molar refractivity (Wildman–Crippen MR) is 69.6 cm³/mol. The Kier molecular flexibility index (Phi) is 3.92. The molecule has 3 N–H and O–H groups in total. The highest BCUT2D eigenvalue weighted by molar-refractivity contribution is 5.63. The maximum absolute atomic E-state index is 8.71. The average molecular weight is 233 g/mol. The lowest BCUT2D eigenvalue weighted by atomic mass is 10.0. The number of hydrogen-bond donors (Lipinski definition) is 2. The summed E-state index contributed by atoms with van der Waals surface area (Å²) >= 11 is 0. The third-order valence-corrected chi connectivity index (χ3v) is 2.95. The van der Waals surface area contributed by atoms with E-state index in [0.29, 0.717) is 17.1 Å². The zero-order valence-corrected chi connectivity index (χ0v) is 10.8. The van der Waals surface area contributed by atoms with Crippen molar-refractivity contribution in [2.24, 2.45) is 0 Å². The first kappa shape index (κ1) is 13.3. The van der Waals surface area contributed by atoms with E-state index >= 15 is 0 Å². The van der Waals surface area contributed by atoms with Crippen LogP contribution in [0.25, 0.3) is 0 Å². The van der Waals surface area contributed by atoms with E-state index in [1.54, 1.807) is 6.07 Å². The highest BCUT2D eigenvalue weighted by Crippen LogP contribution is 2.18. The van der Waals surface area contributed by atoms with Crippen LogP contribution in [0.15, 0.2) is 12.3 Å². The minimum Gasteiger partial charge on any atom is -0.396 e. The van der Waals surface area contributed by atoms with Gasteiger partial charge in [0.2, 0.25) is 0 Å². The van der Waals surface area contributed by atoms with Gasteiger partial charge in [-0.15, -0.1) is 0 Å². The quantitative estimate of drug-likeness (QED) is 0.819. The van der Waals surface area contributed by atoms with Crippen LogP contribution >= 0.6 is 0 Å². The van der Waals surface area contributed by atoms with Crippen LogP contribution in [0.2, 0.25) is 0 Å². The Hall–Kier alpha value is -1.80. The molecule has 0 unspecified atom stereocenters. The number of anilines is 2. The number of rotatable bonds is 4. The van der Waals surface area contributed by atoms with Crippen LogP contribution in [0.5, 0.6) is 0 Å². The molecule has 0 aromatic carbocycles. The number of likely N-dealkylation sites (N-methyl/N-ethyl adjacent to an activating group) is 1. The van der Waals surface area contributed by atoms with Crippen molar-refractivity contribution >= 4 is 11.5 Å². The Bertz CT molecular complexity index is 431. The number of nitriles is 1. The lowest BCUT2D eigenvalue weighted by Gasteiger charge is -2.32. The summed E-state index contributed by atoms with van der Waals surface area (Å²) in [6.07, 6.45) is 1.52. The van der Waals surface area contributed by atoms with Crippen molar-refractivity contribution in [1.82, 2.24) is 9.88 Å². The molecular formula is C12H19N5. The lowest BCUT2D eigenvalue weighted by molar-refractivity contribution is 0.210. The van der Waals surface area contributed by atoms with Crippen LogP contribution < -0.4 is 11.1 Å². The molecule has 0 atom stereocenters. The SMILES string of the molecule is CN(C)C(C)(C)CNc1ncc(C#N)cc1N. The molecule has 0 spiro atoms. The molecule has 1 aromatic heterocycles. The summed E-state index contributed by atoms with van der Waals surface area (Å²) in [6, 6.07) is 3.63. The van der Waals surface area contributed by atoms with E-state index in [2.05, 4.69) is 29.0 Å². The van der Waals surface area contributed by atoms with Gasteiger partial charge in [0.05, 0.1) is 11.3 Å². The lowest BCUT2D eigenvalue weighted by Crippen LogP contribution is -2.44. The second-order valence-corrected chi connectivity index (χ2v) is 4.83. The number of pyridine rings is 1. The van der Waals surface area contributed by atoms with E-state index in [4.69, 9.17) is 11.0 Å². The molecule has 17 heavy (non-hydrogen) atoms. The Morgan fingerprint density at radius 3 is 2.65 bits per heavy atom. The Morgan fingerprint density at radius 2 is 2.18 bits per heavy atom. The molecule has 0 aliphatic heterocycles. The summed E-state index contributed by atoms with van der Waals surface area (Å²) in [5.74, 6) is 0.624. The first-order valence-electron chi connectivity index (χ1n) is 5.44. The third kappa shape index (κ3) is 3.33. The number of nitrogens with two attached hydrogens (primary N) is 1. The summed E-state index contributed by atoms with van der Waals surface area (Å²) in [6.45, 7) is 4.97. The van der Waals surface area contributed by atoms with Crippen LogP contribution in [-0.4, -0.2) is 36.1 Å². The molecule has 0 saturated heterocycles. The van der Waals surface area contributed by atoms with Gasteiger partial charge >= 0.3 is 0 Å². The van der Waals surface area contributed by atoms with E-state index in [0.717, 1.165) is 6.54 Å². The molecular weight excluding hydrogens is 214 g/mol. The van der Waals surface area contributed by atoms with Crippen LogP contribution in [-0.2, 0) is 0 Å². The van der Waals surface area contributed by atoms with E-state index in [1.807, 2.05) is 20.2 Å². The van der Waals surface area contributed by atoms with Gasteiger partial charge in [0.15, 0.2) is 0 Å². The zero-order chi connectivity index (χ0) is 13.1. The number of nitrogens with one attached hydrogen (secondary N) is 1. The first-order valence-corrected chi connectivity index (χ1v) is 5.44. The average Bonchev–Trinajstić information content (AvgIpc) is 2.27. The van der Waals surface area contributed by atoms with Crippen molar-refractivity contribution in [1.29, 1.82) is 5.26 Å². The Labute approximate surface area is 102 Å². The summed E-state index contributed by atoms with van der Waals surface area (Å²) in [5, 5.41) is 11.9. The molecule has 0 fully saturated rings.